The van der Waals surface area contributed by atoms with Gasteiger partial charge in [-0.3, -0.25) is 19.6 Å². The molecule has 1 saturated carbocycles. The number of aliphatic carboxylic acids is 1. The summed E-state index contributed by atoms with van der Waals surface area (Å²) in [5.41, 5.74) is -1.69. The van der Waals surface area contributed by atoms with Crippen molar-refractivity contribution in [1.82, 2.24) is 19.9 Å². The predicted molar refractivity (Wildman–Crippen MR) is 74.2 cm³/mol. The average molecular weight is 292 g/mol. The van der Waals surface area contributed by atoms with E-state index in [0.29, 0.717) is 18.7 Å². The summed E-state index contributed by atoms with van der Waals surface area (Å²) in [4.78, 5) is 46.0. The summed E-state index contributed by atoms with van der Waals surface area (Å²) in [6.45, 7) is 0. The first-order valence-electron chi connectivity index (χ1n) is 6.95. The number of carboxylic acid groups (broad SMARTS) is 1. The van der Waals surface area contributed by atoms with E-state index in [2.05, 4.69) is 19.9 Å². The lowest BCUT2D eigenvalue weighted by molar-refractivity contribution is -0.151. The minimum absolute atomic E-state index is 0.162. The highest BCUT2D eigenvalue weighted by Crippen LogP contribution is 2.39. The van der Waals surface area contributed by atoms with E-state index in [1.54, 1.807) is 0 Å². The fraction of sp³-hybridized carbons (Fsp3) is 0.538. The number of carboxylic acids is 1. The number of fused-ring (bicyclic) bond motifs is 1. The molecular weight excluding hydrogens is 276 g/mol. The SMILES string of the molecule is O=C(O)C1(Cc2nc3[nH]c(=O)[nH]c(=O)c3[nH]2)CCCCC1. The number of aromatic amines is 3. The topological polar surface area (TPSA) is 132 Å². The van der Waals surface area contributed by atoms with E-state index < -0.39 is 22.6 Å². The van der Waals surface area contributed by atoms with Gasteiger partial charge in [0.05, 0.1) is 5.41 Å². The number of H-pyrrole nitrogens is 3. The van der Waals surface area contributed by atoms with Crippen molar-refractivity contribution in [2.45, 2.75) is 38.5 Å². The summed E-state index contributed by atoms with van der Waals surface area (Å²) in [6, 6.07) is 0. The van der Waals surface area contributed by atoms with Crippen LogP contribution in [0.3, 0.4) is 0 Å². The Morgan fingerprint density at radius 3 is 2.52 bits per heavy atom. The van der Waals surface area contributed by atoms with Crippen LogP contribution >= 0.6 is 0 Å². The zero-order valence-electron chi connectivity index (χ0n) is 11.4. The first-order chi connectivity index (χ1) is 10.00. The molecule has 0 spiro atoms. The van der Waals surface area contributed by atoms with Gasteiger partial charge in [0.1, 0.15) is 11.3 Å². The molecule has 0 aliphatic heterocycles. The third-order valence-electron chi connectivity index (χ3n) is 4.21. The van der Waals surface area contributed by atoms with Gasteiger partial charge in [-0.05, 0) is 12.8 Å². The van der Waals surface area contributed by atoms with E-state index in [0.717, 1.165) is 19.3 Å². The highest BCUT2D eigenvalue weighted by Gasteiger charge is 2.40. The molecular formula is C13H16N4O4. The van der Waals surface area contributed by atoms with Crippen molar-refractivity contribution in [3.63, 3.8) is 0 Å². The second-order valence-electron chi connectivity index (χ2n) is 5.64. The third-order valence-corrected chi connectivity index (χ3v) is 4.21. The fourth-order valence-corrected chi connectivity index (χ4v) is 3.08. The Balaban J connectivity index is 2.00. The Morgan fingerprint density at radius 1 is 1.14 bits per heavy atom. The van der Waals surface area contributed by atoms with Gasteiger partial charge in [0.15, 0.2) is 5.65 Å². The number of nitrogens with one attached hydrogen (secondary N) is 3. The number of aromatic nitrogens is 4. The van der Waals surface area contributed by atoms with Crippen molar-refractivity contribution in [2.24, 2.45) is 5.41 Å². The smallest absolute Gasteiger partial charge is 0.327 e. The summed E-state index contributed by atoms with van der Waals surface area (Å²) in [5.74, 6) is -0.410. The molecule has 2 aromatic heterocycles. The maximum atomic E-state index is 11.7. The zero-order valence-corrected chi connectivity index (χ0v) is 11.4. The number of rotatable bonds is 3. The standard InChI is InChI=1S/C13H16N4O4/c18-10-8-9(16-12(21)17-10)15-7(14-8)6-13(11(19)20)4-2-1-3-5-13/h1-6H2,(H,19,20)(H3,14,15,16,17,18,21). The van der Waals surface area contributed by atoms with E-state index in [1.807, 2.05) is 0 Å². The van der Waals surface area contributed by atoms with Crippen molar-refractivity contribution < 1.29 is 9.90 Å². The molecule has 0 radical (unpaired) electrons. The highest BCUT2D eigenvalue weighted by molar-refractivity contribution is 5.75. The van der Waals surface area contributed by atoms with Crippen LogP contribution in [0.25, 0.3) is 11.2 Å². The highest BCUT2D eigenvalue weighted by atomic mass is 16.4. The lowest BCUT2D eigenvalue weighted by atomic mass is 9.72. The van der Waals surface area contributed by atoms with Crippen LogP contribution < -0.4 is 11.2 Å². The molecule has 2 aromatic rings. The van der Waals surface area contributed by atoms with Gasteiger partial charge in [0, 0.05) is 6.42 Å². The Bertz CT molecular complexity index is 794. The molecule has 112 valence electrons. The minimum Gasteiger partial charge on any atom is -0.481 e. The Morgan fingerprint density at radius 2 is 1.86 bits per heavy atom. The maximum Gasteiger partial charge on any atom is 0.327 e. The summed E-state index contributed by atoms with van der Waals surface area (Å²) in [5, 5.41) is 9.56. The van der Waals surface area contributed by atoms with Crippen molar-refractivity contribution in [3.05, 3.63) is 26.7 Å². The first kappa shape index (κ1) is 13.6. The van der Waals surface area contributed by atoms with Crippen molar-refractivity contribution in [3.8, 4) is 0 Å². The van der Waals surface area contributed by atoms with Gasteiger partial charge in [-0.15, -0.1) is 0 Å². The van der Waals surface area contributed by atoms with Crippen molar-refractivity contribution in [1.29, 1.82) is 0 Å². The van der Waals surface area contributed by atoms with Gasteiger partial charge in [-0.25, -0.2) is 9.78 Å². The second-order valence-corrected chi connectivity index (χ2v) is 5.64. The van der Waals surface area contributed by atoms with Crippen LogP contribution in [0.4, 0.5) is 0 Å². The van der Waals surface area contributed by atoms with E-state index >= 15 is 0 Å². The zero-order chi connectivity index (χ0) is 15.0. The van der Waals surface area contributed by atoms with Gasteiger partial charge in [0.2, 0.25) is 0 Å². The number of carbonyl (C=O) groups is 1. The molecule has 8 heteroatoms. The molecule has 21 heavy (non-hydrogen) atoms. The monoisotopic (exact) mass is 292 g/mol. The molecule has 0 aromatic carbocycles. The maximum absolute atomic E-state index is 11.7. The summed E-state index contributed by atoms with van der Waals surface area (Å²) in [6.07, 6.45) is 4.24. The van der Waals surface area contributed by atoms with Crippen LogP contribution in [0.15, 0.2) is 9.59 Å². The minimum atomic E-state index is -0.834. The van der Waals surface area contributed by atoms with Gasteiger partial charge < -0.3 is 10.1 Å². The molecule has 0 unspecified atom stereocenters. The summed E-state index contributed by atoms with van der Waals surface area (Å²) in [7, 11) is 0. The largest absolute Gasteiger partial charge is 0.481 e. The molecule has 1 fully saturated rings. The lowest BCUT2D eigenvalue weighted by Gasteiger charge is -2.32. The molecule has 0 saturated heterocycles. The third kappa shape index (κ3) is 2.37. The van der Waals surface area contributed by atoms with Crippen LogP contribution in [-0.2, 0) is 11.2 Å². The van der Waals surface area contributed by atoms with Crippen molar-refractivity contribution >= 4 is 17.1 Å². The van der Waals surface area contributed by atoms with Gasteiger partial charge in [0.25, 0.3) is 5.56 Å². The Labute approximate surface area is 118 Å². The van der Waals surface area contributed by atoms with Crippen LogP contribution in [0, 0.1) is 5.41 Å². The second kappa shape index (κ2) is 4.87. The molecule has 8 nitrogen and oxygen atoms in total. The van der Waals surface area contributed by atoms with Crippen LogP contribution in [0.5, 0.6) is 0 Å². The summed E-state index contributed by atoms with van der Waals surface area (Å²) < 4.78 is 0. The molecule has 0 bridgehead atoms. The molecule has 3 rings (SSSR count). The normalized spacial score (nSPS) is 17.9. The lowest BCUT2D eigenvalue weighted by Crippen LogP contribution is -2.35. The first-order valence-corrected chi connectivity index (χ1v) is 6.95. The molecule has 0 amide bonds. The molecule has 2 heterocycles. The number of nitrogens with zero attached hydrogens (tertiary/aromatic N) is 1. The van der Waals surface area contributed by atoms with Crippen LogP contribution in [0.2, 0.25) is 0 Å². The van der Waals surface area contributed by atoms with E-state index in [-0.39, 0.29) is 17.6 Å². The molecule has 0 atom stereocenters. The number of imidazole rings is 1. The van der Waals surface area contributed by atoms with Gasteiger partial charge in [-0.1, -0.05) is 19.3 Å². The van der Waals surface area contributed by atoms with Crippen LogP contribution in [-0.4, -0.2) is 31.0 Å². The van der Waals surface area contributed by atoms with Gasteiger partial charge >= 0.3 is 11.7 Å². The number of hydrogen-bond acceptors (Lipinski definition) is 4. The van der Waals surface area contributed by atoms with E-state index in [4.69, 9.17) is 0 Å². The van der Waals surface area contributed by atoms with Crippen molar-refractivity contribution in [2.75, 3.05) is 0 Å². The summed E-state index contributed by atoms with van der Waals surface area (Å²) >= 11 is 0. The number of hydrogen-bond donors (Lipinski definition) is 4. The van der Waals surface area contributed by atoms with E-state index in [9.17, 15) is 19.5 Å². The van der Waals surface area contributed by atoms with Crippen LogP contribution in [0.1, 0.15) is 37.9 Å². The van der Waals surface area contributed by atoms with Gasteiger partial charge in [-0.2, -0.15) is 0 Å². The quantitative estimate of drug-likeness (QED) is 0.654. The Kier molecular flexibility index (Phi) is 3.15. The predicted octanol–water partition coefficient (Wildman–Crippen LogP) is 0.517. The van der Waals surface area contributed by atoms with E-state index in [1.165, 1.54) is 0 Å². The molecule has 1 aliphatic carbocycles. The molecule has 4 N–H and O–H groups in total. The average Bonchev–Trinajstić information content (AvgIpc) is 2.82. The fourth-order valence-electron chi connectivity index (χ4n) is 3.08. The Hall–Kier alpha value is -2.38. The molecule has 1 aliphatic rings.